The first-order valence-electron chi connectivity index (χ1n) is 21.5. The lowest BCUT2D eigenvalue weighted by Crippen LogP contribution is -2.55. The molecule has 0 fully saturated rings. The highest BCUT2D eigenvalue weighted by Gasteiger charge is 2.40. The Hall–Kier alpha value is -7.36. The number of rotatable bonds is 5. The first-order chi connectivity index (χ1) is 29.9. The Kier molecular flexibility index (Phi) is 7.93. The normalized spacial score (nSPS) is 12.5. The molecule has 0 aliphatic carbocycles. The Labute approximate surface area is 357 Å². The van der Waals surface area contributed by atoms with Crippen molar-refractivity contribution in [2.75, 3.05) is 0 Å². The summed E-state index contributed by atoms with van der Waals surface area (Å²) < 4.78 is 5.33. The zero-order valence-electron chi connectivity index (χ0n) is 34.6. The van der Waals surface area contributed by atoms with Gasteiger partial charge in [-0.25, -0.2) is 0 Å². The van der Waals surface area contributed by atoms with Gasteiger partial charge in [-0.15, -0.1) is 0 Å². The van der Waals surface area contributed by atoms with Crippen molar-refractivity contribution >= 4 is 61.4 Å². The number of nitrogens with zero attached hydrogens (tertiary/aromatic N) is 2. The molecule has 0 radical (unpaired) electrons. The van der Waals surface area contributed by atoms with Gasteiger partial charge in [0.1, 0.15) is 0 Å². The van der Waals surface area contributed by atoms with Crippen LogP contribution in [0.4, 0.5) is 0 Å². The van der Waals surface area contributed by atoms with Crippen LogP contribution in [0, 0.1) is 0 Å². The van der Waals surface area contributed by atoms with Crippen LogP contribution in [0.1, 0.15) is 26.3 Å². The van der Waals surface area contributed by atoms with Gasteiger partial charge in [0.15, 0.2) is 0 Å². The Morgan fingerprint density at radius 2 is 0.852 bits per heavy atom. The summed E-state index contributed by atoms with van der Waals surface area (Å²) in [4.78, 5) is 0. The quantitative estimate of drug-likeness (QED) is 0.154. The van der Waals surface area contributed by atoms with E-state index < -0.39 is 0 Å². The van der Waals surface area contributed by atoms with Crippen LogP contribution in [0.5, 0.6) is 0 Å². The molecule has 2 aromatic heterocycles. The van der Waals surface area contributed by atoms with Gasteiger partial charge in [-0.2, -0.15) is 0 Å². The summed E-state index contributed by atoms with van der Waals surface area (Å²) in [5.41, 5.74) is 19.8. The molecule has 0 saturated carbocycles. The van der Waals surface area contributed by atoms with Crippen molar-refractivity contribution in [2.24, 2.45) is 0 Å². The summed E-state index contributed by atoms with van der Waals surface area (Å²) in [5.74, 6) is 0. The third-order valence-electron chi connectivity index (χ3n) is 13.1. The van der Waals surface area contributed by atoms with Crippen molar-refractivity contribution in [3.8, 4) is 50.2 Å². The standard InChI is InChI=1S/C58H43BN2/c1-58(2,3)50-33-32-45-44-28-16-18-30-52(44)60-53-31-19-17-29-51(53)59(54(50)57(45)60)61-55-46(40-24-12-6-13-25-40)34-42(38-20-8-4-9-21-38)36-48(55)49-37-43(39-22-10-5-11-23-39)35-47(56(49)61)41-26-14-7-15-27-41/h4-37H,1-3H3. The van der Waals surface area contributed by atoms with Gasteiger partial charge < -0.3 is 9.05 Å². The maximum atomic E-state index is 2.77. The third-order valence-corrected chi connectivity index (χ3v) is 13.1. The van der Waals surface area contributed by atoms with E-state index in [-0.39, 0.29) is 12.3 Å². The van der Waals surface area contributed by atoms with E-state index >= 15 is 0 Å². The fraction of sp³-hybridized carbons (Fsp3) is 0.0690. The van der Waals surface area contributed by atoms with Gasteiger partial charge in [0, 0.05) is 49.4 Å². The molecule has 61 heavy (non-hydrogen) atoms. The van der Waals surface area contributed by atoms with Crippen LogP contribution in [-0.2, 0) is 5.41 Å². The lowest BCUT2D eigenvalue weighted by Gasteiger charge is -2.34. The number of aromatic nitrogens is 2. The monoisotopic (exact) mass is 778 g/mol. The molecule has 12 rings (SSSR count). The Morgan fingerprint density at radius 1 is 0.377 bits per heavy atom. The highest BCUT2D eigenvalue weighted by Crippen LogP contribution is 2.46. The first kappa shape index (κ1) is 35.6. The largest absolute Gasteiger partial charge is 0.375 e. The van der Waals surface area contributed by atoms with E-state index in [2.05, 4.69) is 236 Å². The SMILES string of the molecule is CC(C)(C)c1ccc2c3ccccc3n3c2c1B(n1c2c(-c4ccccc4)cc(-c4ccccc4)cc2c2cc(-c4ccccc4)cc(-c4ccccc4)c21)c1ccccc1-3. The molecule has 0 bridgehead atoms. The summed E-state index contributed by atoms with van der Waals surface area (Å²) in [7, 11) is 0. The maximum absolute atomic E-state index is 2.77. The van der Waals surface area contributed by atoms with E-state index in [1.165, 1.54) is 110 Å². The van der Waals surface area contributed by atoms with Gasteiger partial charge in [0.05, 0.1) is 11.0 Å². The van der Waals surface area contributed by atoms with Gasteiger partial charge >= 0.3 is 6.85 Å². The van der Waals surface area contributed by atoms with E-state index in [4.69, 9.17) is 0 Å². The minimum atomic E-state index is -0.152. The second kappa shape index (κ2) is 13.6. The van der Waals surface area contributed by atoms with Crippen LogP contribution in [0.2, 0.25) is 0 Å². The van der Waals surface area contributed by atoms with Gasteiger partial charge in [0.2, 0.25) is 0 Å². The third kappa shape index (κ3) is 5.43. The summed E-state index contributed by atoms with van der Waals surface area (Å²) in [5, 5.41) is 5.08. The topological polar surface area (TPSA) is 9.86 Å². The van der Waals surface area contributed by atoms with Crippen molar-refractivity contribution in [1.29, 1.82) is 0 Å². The predicted molar refractivity (Wildman–Crippen MR) is 261 cm³/mol. The maximum Gasteiger partial charge on any atom is 0.332 e. The molecule has 0 amide bonds. The number of para-hydroxylation sites is 2. The molecule has 9 aromatic carbocycles. The van der Waals surface area contributed by atoms with Crippen LogP contribution in [0.15, 0.2) is 206 Å². The average Bonchev–Trinajstić information content (AvgIpc) is 3.83. The molecule has 1 aliphatic heterocycles. The van der Waals surface area contributed by atoms with Crippen molar-refractivity contribution in [3.63, 3.8) is 0 Å². The van der Waals surface area contributed by atoms with Gasteiger partial charge in [0.25, 0.3) is 0 Å². The predicted octanol–water partition coefficient (Wildman–Crippen LogP) is 13.8. The first-order valence-corrected chi connectivity index (χ1v) is 21.5. The Bertz CT molecular complexity index is 3340. The molecule has 3 heterocycles. The summed E-state index contributed by atoms with van der Waals surface area (Å²) in [6, 6.07) is 76.7. The minimum Gasteiger partial charge on any atom is -0.375 e. The van der Waals surface area contributed by atoms with E-state index in [1.54, 1.807) is 0 Å². The molecule has 0 spiro atoms. The smallest absolute Gasteiger partial charge is 0.332 e. The second-order valence-corrected chi connectivity index (χ2v) is 17.7. The van der Waals surface area contributed by atoms with Crippen LogP contribution in [-0.4, -0.2) is 15.9 Å². The highest BCUT2D eigenvalue weighted by atomic mass is 15.0. The van der Waals surface area contributed by atoms with Crippen LogP contribution in [0.25, 0.3) is 93.8 Å². The Morgan fingerprint density at radius 3 is 1.39 bits per heavy atom. The molecular weight excluding hydrogens is 735 g/mol. The fourth-order valence-electron chi connectivity index (χ4n) is 10.4. The van der Waals surface area contributed by atoms with E-state index in [0.717, 1.165) is 0 Å². The number of benzene rings is 9. The minimum absolute atomic E-state index is 0.139. The number of fused-ring (bicyclic) bond motifs is 8. The zero-order chi connectivity index (χ0) is 40.8. The van der Waals surface area contributed by atoms with E-state index in [1.807, 2.05) is 0 Å². The number of hydrogen-bond acceptors (Lipinski definition) is 0. The summed E-state index contributed by atoms with van der Waals surface area (Å²) in [6.07, 6.45) is 0. The molecule has 288 valence electrons. The van der Waals surface area contributed by atoms with Crippen LogP contribution < -0.4 is 10.9 Å². The lowest BCUT2D eigenvalue weighted by molar-refractivity contribution is 0.594. The fourth-order valence-corrected chi connectivity index (χ4v) is 10.4. The Balaban J connectivity index is 1.35. The summed E-state index contributed by atoms with van der Waals surface area (Å²) >= 11 is 0. The van der Waals surface area contributed by atoms with Crippen LogP contribution >= 0.6 is 0 Å². The van der Waals surface area contributed by atoms with Crippen molar-refractivity contribution in [3.05, 3.63) is 212 Å². The summed E-state index contributed by atoms with van der Waals surface area (Å²) in [6.45, 7) is 6.99. The van der Waals surface area contributed by atoms with E-state index in [9.17, 15) is 0 Å². The zero-order valence-corrected chi connectivity index (χ0v) is 34.6. The molecular formula is C58H43BN2. The van der Waals surface area contributed by atoms with E-state index in [0.29, 0.717) is 0 Å². The molecule has 2 nitrogen and oxygen atoms in total. The second-order valence-electron chi connectivity index (χ2n) is 17.7. The highest BCUT2D eigenvalue weighted by molar-refractivity contribution is 6.89. The van der Waals surface area contributed by atoms with Crippen molar-refractivity contribution in [2.45, 2.75) is 26.2 Å². The molecule has 1 aliphatic rings. The van der Waals surface area contributed by atoms with Crippen LogP contribution in [0.3, 0.4) is 0 Å². The lowest BCUT2D eigenvalue weighted by atomic mass is 9.46. The van der Waals surface area contributed by atoms with Crippen molar-refractivity contribution < 1.29 is 0 Å². The average molecular weight is 779 g/mol. The number of hydrogen-bond donors (Lipinski definition) is 0. The molecule has 0 atom stereocenters. The molecule has 11 aromatic rings. The molecule has 0 saturated heterocycles. The molecule has 0 N–H and O–H groups in total. The van der Waals surface area contributed by atoms with Gasteiger partial charge in [-0.05, 0) is 91.7 Å². The van der Waals surface area contributed by atoms with Crippen molar-refractivity contribution in [1.82, 2.24) is 9.05 Å². The molecule has 0 unspecified atom stereocenters. The van der Waals surface area contributed by atoms with Gasteiger partial charge in [-0.3, -0.25) is 0 Å². The van der Waals surface area contributed by atoms with Gasteiger partial charge in [-0.1, -0.05) is 191 Å². The molecule has 3 heteroatoms.